The highest BCUT2D eigenvalue weighted by Crippen LogP contribution is 2.35. The molecule has 1 saturated carbocycles. The molecule has 104 valence electrons. The lowest BCUT2D eigenvalue weighted by molar-refractivity contribution is 0.0820. The summed E-state index contributed by atoms with van der Waals surface area (Å²) in [5.74, 6) is -0.0152. The van der Waals surface area contributed by atoms with Crippen LogP contribution < -0.4 is 16.0 Å². The van der Waals surface area contributed by atoms with Gasteiger partial charge in [-0.15, -0.1) is 0 Å². The lowest BCUT2D eigenvalue weighted by Gasteiger charge is -2.42. The Morgan fingerprint density at radius 1 is 1.42 bits per heavy atom. The number of hydrogen-bond donors (Lipinski definition) is 2. The first kappa shape index (κ1) is 13.7. The maximum absolute atomic E-state index is 12.3. The van der Waals surface area contributed by atoms with Crippen LogP contribution in [-0.4, -0.2) is 25.5 Å². The second-order valence-corrected chi connectivity index (χ2v) is 5.61. The van der Waals surface area contributed by atoms with Crippen molar-refractivity contribution in [2.45, 2.75) is 38.1 Å². The van der Waals surface area contributed by atoms with Gasteiger partial charge in [-0.05, 0) is 43.9 Å². The number of nitrogens with two attached hydrogens (primary N) is 1. The van der Waals surface area contributed by atoms with Crippen LogP contribution in [0.15, 0.2) is 18.2 Å². The van der Waals surface area contributed by atoms with Gasteiger partial charge in [0.15, 0.2) is 0 Å². The van der Waals surface area contributed by atoms with Crippen molar-refractivity contribution in [2.75, 3.05) is 24.7 Å². The van der Waals surface area contributed by atoms with E-state index in [9.17, 15) is 4.79 Å². The van der Waals surface area contributed by atoms with Crippen LogP contribution in [-0.2, 0) is 0 Å². The number of amides is 1. The van der Waals surface area contributed by atoms with Crippen LogP contribution in [0.25, 0.3) is 0 Å². The summed E-state index contributed by atoms with van der Waals surface area (Å²) in [6, 6.07) is 5.49. The van der Waals surface area contributed by atoms with Gasteiger partial charge in [0.2, 0.25) is 0 Å². The summed E-state index contributed by atoms with van der Waals surface area (Å²) in [5.41, 5.74) is 8.21. The Morgan fingerprint density at radius 2 is 2.11 bits per heavy atom. The Kier molecular flexibility index (Phi) is 3.69. The average Bonchev–Trinajstić information content (AvgIpc) is 2.33. The number of hydrogen-bond acceptors (Lipinski definition) is 3. The molecule has 1 aromatic rings. The van der Waals surface area contributed by atoms with Gasteiger partial charge in [0.1, 0.15) is 0 Å². The molecule has 0 saturated heterocycles. The summed E-state index contributed by atoms with van der Waals surface area (Å²) in [5, 5.41) is 3.16. The van der Waals surface area contributed by atoms with Crippen LogP contribution in [0, 0.1) is 0 Å². The lowest BCUT2D eigenvalue weighted by Crippen LogP contribution is -2.52. The van der Waals surface area contributed by atoms with Crippen molar-refractivity contribution in [1.82, 2.24) is 5.32 Å². The highest BCUT2D eigenvalue weighted by molar-refractivity contribution is 5.96. The summed E-state index contributed by atoms with van der Waals surface area (Å²) in [6.45, 7) is 2.13. The van der Waals surface area contributed by atoms with Crippen molar-refractivity contribution in [1.29, 1.82) is 0 Å². The van der Waals surface area contributed by atoms with Gasteiger partial charge in [-0.25, -0.2) is 0 Å². The molecule has 19 heavy (non-hydrogen) atoms. The molecule has 4 heteroatoms. The summed E-state index contributed by atoms with van der Waals surface area (Å²) in [7, 11) is 3.87. The van der Waals surface area contributed by atoms with E-state index in [1.54, 1.807) is 6.07 Å². The zero-order chi connectivity index (χ0) is 14.0. The first-order chi connectivity index (χ1) is 8.97. The molecule has 0 radical (unpaired) electrons. The fourth-order valence-electron chi connectivity index (χ4n) is 2.59. The Morgan fingerprint density at radius 3 is 2.53 bits per heavy atom. The highest BCUT2D eigenvalue weighted by Gasteiger charge is 2.36. The van der Waals surface area contributed by atoms with E-state index in [0.29, 0.717) is 11.3 Å². The van der Waals surface area contributed by atoms with Crippen LogP contribution in [0.5, 0.6) is 0 Å². The molecule has 1 amide bonds. The number of benzene rings is 1. The second kappa shape index (κ2) is 5.11. The van der Waals surface area contributed by atoms with Crippen molar-refractivity contribution in [3.05, 3.63) is 23.8 Å². The molecule has 0 atom stereocenters. The minimum absolute atomic E-state index is 0.0152. The predicted octanol–water partition coefficient (Wildman–Crippen LogP) is 2.40. The largest absolute Gasteiger partial charge is 0.397 e. The fraction of sp³-hybridized carbons (Fsp3) is 0.533. The van der Waals surface area contributed by atoms with Crippen molar-refractivity contribution in [3.8, 4) is 0 Å². The molecule has 1 aromatic carbocycles. The van der Waals surface area contributed by atoms with E-state index < -0.39 is 0 Å². The Balaban J connectivity index is 2.13. The van der Waals surface area contributed by atoms with Crippen LogP contribution in [0.2, 0.25) is 0 Å². The number of carbonyl (C=O) groups is 1. The molecule has 0 aliphatic heterocycles. The van der Waals surface area contributed by atoms with E-state index in [1.165, 1.54) is 6.42 Å². The van der Waals surface area contributed by atoms with Gasteiger partial charge < -0.3 is 16.0 Å². The molecule has 1 fully saturated rings. The lowest BCUT2D eigenvalue weighted by atomic mass is 9.74. The van der Waals surface area contributed by atoms with E-state index in [-0.39, 0.29) is 11.4 Å². The minimum Gasteiger partial charge on any atom is -0.397 e. The summed E-state index contributed by atoms with van der Waals surface area (Å²) >= 11 is 0. The Hall–Kier alpha value is -1.71. The summed E-state index contributed by atoms with van der Waals surface area (Å²) in [6.07, 6.45) is 4.36. The molecule has 2 rings (SSSR count). The van der Waals surface area contributed by atoms with Crippen LogP contribution >= 0.6 is 0 Å². The molecule has 0 heterocycles. The van der Waals surface area contributed by atoms with Crippen molar-refractivity contribution in [3.63, 3.8) is 0 Å². The number of rotatable bonds is 4. The van der Waals surface area contributed by atoms with Crippen molar-refractivity contribution < 1.29 is 4.79 Å². The third-order valence-electron chi connectivity index (χ3n) is 4.14. The van der Waals surface area contributed by atoms with Gasteiger partial charge in [-0.1, -0.05) is 6.92 Å². The van der Waals surface area contributed by atoms with Gasteiger partial charge in [0, 0.05) is 25.2 Å². The molecule has 0 spiro atoms. The van der Waals surface area contributed by atoms with Crippen LogP contribution in [0.3, 0.4) is 0 Å². The van der Waals surface area contributed by atoms with Crippen LogP contribution in [0.1, 0.15) is 43.0 Å². The van der Waals surface area contributed by atoms with Gasteiger partial charge >= 0.3 is 0 Å². The van der Waals surface area contributed by atoms with E-state index in [1.807, 2.05) is 31.1 Å². The molecule has 1 aliphatic carbocycles. The standard InChI is InChI=1S/C15H23N3O/c1-4-15(8-5-9-15)17-14(19)11-6-7-13(18(2)3)12(16)10-11/h6-7,10H,4-5,8-9,16H2,1-3H3,(H,17,19). The molecular formula is C15H23N3O. The second-order valence-electron chi connectivity index (χ2n) is 5.61. The Labute approximate surface area is 115 Å². The molecule has 4 nitrogen and oxygen atoms in total. The average molecular weight is 261 g/mol. The monoisotopic (exact) mass is 261 g/mol. The molecule has 0 bridgehead atoms. The first-order valence-electron chi connectivity index (χ1n) is 6.87. The predicted molar refractivity (Wildman–Crippen MR) is 79.5 cm³/mol. The van der Waals surface area contributed by atoms with E-state index in [4.69, 9.17) is 5.73 Å². The number of anilines is 2. The van der Waals surface area contributed by atoms with Gasteiger partial charge in [0.25, 0.3) is 5.91 Å². The number of carbonyl (C=O) groups excluding carboxylic acids is 1. The van der Waals surface area contributed by atoms with Gasteiger partial charge in [-0.2, -0.15) is 0 Å². The molecular weight excluding hydrogens is 238 g/mol. The number of nitrogen functional groups attached to an aromatic ring is 1. The first-order valence-corrected chi connectivity index (χ1v) is 6.87. The Bertz CT molecular complexity index is 473. The topological polar surface area (TPSA) is 58.4 Å². The summed E-state index contributed by atoms with van der Waals surface area (Å²) < 4.78 is 0. The van der Waals surface area contributed by atoms with Gasteiger partial charge in [0.05, 0.1) is 11.4 Å². The molecule has 0 unspecified atom stereocenters. The molecule has 3 N–H and O–H groups in total. The normalized spacial score (nSPS) is 16.6. The summed E-state index contributed by atoms with van der Waals surface area (Å²) in [4.78, 5) is 14.2. The fourth-order valence-corrected chi connectivity index (χ4v) is 2.59. The van der Waals surface area contributed by atoms with E-state index >= 15 is 0 Å². The maximum atomic E-state index is 12.3. The maximum Gasteiger partial charge on any atom is 0.251 e. The third-order valence-corrected chi connectivity index (χ3v) is 4.14. The zero-order valence-corrected chi connectivity index (χ0v) is 12.0. The smallest absolute Gasteiger partial charge is 0.251 e. The van der Waals surface area contributed by atoms with E-state index in [0.717, 1.165) is 24.9 Å². The SMILES string of the molecule is CCC1(NC(=O)c2ccc(N(C)C)c(N)c2)CCC1. The van der Waals surface area contributed by atoms with Crippen molar-refractivity contribution in [2.24, 2.45) is 0 Å². The van der Waals surface area contributed by atoms with Crippen LogP contribution in [0.4, 0.5) is 11.4 Å². The number of nitrogens with one attached hydrogen (secondary N) is 1. The zero-order valence-electron chi connectivity index (χ0n) is 12.0. The quantitative estimate of drug-likeness (QED) is 0.818. The van der Waals surface area contributed by atoms with Gasteiger partial charge in [-0.3, -0.25) is 4.79 Å². The number of nitrogens with zero attached hydrogens (tertiary/aromatic N) is 1. The third kappa shape index (κ3) is 2.67. The molecule has 0 aromatic heterocycles. The molecule has 1 aliphatic rings. The minimum atomic E-state index is -0.0152. The van der Waals surface area contributed by atoms with E-state index in [2.05, 4.69) is 12.2 Å². The van der Waals surface area contributed by atoms with Crippen molar-refractivity contribution >= 4 is 17.3 Å². The highest BCUT2D eigenvalue weighted by atomic mass is 16.1.